The van der Waals surface area contributed by atoms with Gasteiger partial charge in [-0.25, -0.2) is 4.68 Å². The fourth-order valence-corrected chi connectivity index (χ4v) is 4.61. The zero-order valence-corrected chi connectivity index (χ0v) is 21.9. The first-order valence-electron chi connectivity index (χ1n) is 12.7. The number of aromatic nitrogens is 3. The van der Waals surface area contributed by atoms with Gasteiger partial charge in [-0.3, -0.25) is 0 Å². The standard InChI is InChI=1S/C31H28BN3O3/c1-31(2,3)23-17-15-21(16-18-23)30-29(33-34-35(30)4)22-9-7-11-25(19-22)36-26-12-8-10-24(20-26)32-37-27-13-5-6-14-28(27)38-32/h5-20H,1-4H3. The summed E-state index contributed by atoms with van der Waals surface area (Å²) in [7, 11) is 1.41. The first-order valence-corrected chi connectivity index (χ1v) is 12.7. The second kappa shape index (κ2) is 9.41. The Morgan fingerprint density at radius 3 is 2.08 bits per heavy atom. The molecule has 0 amide bonds. The molecule has 0 radical (unpaired) electrons. The Morgan fingerprint density at radius 1 is 0.737 bits per heavy atom. The topological polar surface area (TPSA) is 58.4 Å². The summed E-state index contributed by atoms with van der Waals surface area (Å²) < 4.78 is 20.0. The van der Waals surface area contributed by atoms with E-state index in [4.69, 9.17) is 14.0 Å². The third-order valence-electron chi connectivity index (χ3n) is 6.64. The number of benzene rings is 4. The second-order valence-electron chi connectivity index (χ2n) is 10.5. The molecule has 0 bridgehead atoms. The molecule has 0 N–H and O–H groups in total. The largest absolute Gasteiger partial charge is 0.632 e. The summed E-state index contributed by atoms with van der Waals surface area (Å²) in [4.78, 5) is 0. The smallest absolute Gasteiger partial charge is 0.519 e. The van der Waals surface area contributed by atoms with Crippen molar-refractivity contribution in [2.75, 3.05) is 0 Å². The summed E-state index contributed by atoms with van der Waals surface area (Å²) in [5.41, 5.74) is 6.02. The summed E-state index contributed by atoms with van der Waals surface area (Å²) >= 11 is 0. The first kappa shape index (κ1) is 23.9. The monoisotopic (exact) mass is 501 g/mol. The van der Waals surface area contributed by atoms with Crippen LogP contribution in [0.1, 0.15) is 26.3 Å². The number of nitrogens with zero attached hydrogens (tertiary/aromatic N) is 3. The van der Waals surface area contributed by atoms with E-state index >= 15 is 0 Å². The van der Waals surface area contributed by atoms with Crippen molar-refractivity contribution >= 4 is 12.6 Å². The van der Waals surface area contributed by atoms with Crippen molar-refractivity contribution in [3.8, 4) is 45.5 Å². The van der Waals surface area contributed by atoms with Gasteiger partial charge in [-0.1, -0.05) is 86.6 Å². The highest BCUT2D eigenvalue weighted by Gasteiger charge is 2.34. The Balaban J connectivity index is 1.25. The number of rotatable bonds is 5. The average Bonchev–Trinajstić information content (AvgIpc) is 3.52. The molecule has 7 heteroatoms. The highest BCUT2D eigenvalue weighted by atomic mass is 16.6. The summed E-state index contributed by atoms with van der Waals surface area (Å²) in [5.74, 6) is 2.88. The molecule has 0 aliphatic carbocycles. The molecular weight excluding hydrogens is 473 g/mol. The molecule has 0 fully saturated rings. The van der Waals surface area contributed by atoms with Crippen molar-refractivity contribution in [2.45, 2.75) is 26.2 Å². The predicted molar refractivity (Wildman–Crippen MR) is 150 cm³/mol. The summed E-state index contributed by atoms with van der Waals surface area (Å²) in [5, 5.41) is 8.82. The molecule has 38 heavy (non-hydrogen) atoms. The van der Waals surface area contributed by atoms with Gasteiger partial charge in [-0.15, -0.1) is 5.10 Å². The van der Waals surface area contributed by atoms with E-state index in [0.29, 0.717) is 11.5 Å². The highest BCUT2D eigenvalue weighted by Crippen LogP contribution is 2.35. The van der Waals surface area contributed by atoms with Gasteiger partial charge in [0.25, 0.3) is 0 Å². The number of hydrogen-bond donors (Lipinski definition) is 0. The van der Waals surface area contributed by atoms with Crippen LogP contribution in [0.4, 0.5) is 0 Å². The SMILES string of the molecule is Cn1nnc(-c2cccc(Oc3cccc(B4Oc5ccccc5O4)c3)c2)c1-c1ccc(C(C)(C)C)cc1. The number of para-hydroxylation sites is 2. The van der Waals surface area contributed by atoms with E-state index in [2.05, 4.69) is 55.3 Å². The molecule has 0 atom stereocenters. The van der Waals surface area contributed by atoms with E-state index in [1.165, 1.54) is 5.56 Å². The summed E-state index contributed by atoms with van der Waals surface area (Å²) in [6.45, 7) is 6.65. The normalized spacial score (nSPS) is 12.6. The van der Waals surface area contributed by atoms with E-state index in [1.54, 1.807) is 0 Å². The van der Waals surface area contributed by atoms with Crippen LogP contribution in [0.3, 0.4) is 0 Å². The van der Waals surface area contributed by atoms with Gasteiger partial charge in [0.2, 0.25) is 0 Å². The second-order valence-corrected chi connectivity index (χ2v) is 10.5. The van der Waals surface area contributed by atoms with Crippen LogP contribution in [0.25, 0.3) is 22.5 Å². The van der Waals surface area contributed by atoms with Gasteiger partial charge >= 0.3 is 7.12 Å². The van der Waals surface area contributed by atoms with E-state index in [1.807, 2.05) is 84.5 Å². The summed E-state index contributed by atoms with van der Waals surface area (Å²) in [6, 6.07) is 32.0. The van der Waals surface area contributed by atoms with Crippen LogP contribution in [-0.4, -0.2) is 22.1 Å². The van der Waals surface area contributed by atoms with Crippen LogP contribution >= 0.6 is 0 Å². The van der Waals surface area contributed by atoms with Crippen LogP contribution in [0.2, 0.25) is 0 Å². The molecular formula is C31H28BN3O3. The lowest BCUT2D eigenvalue weighted by atomic mass is 9.79. The van der Waals surface area contributed by atoms with Crippen molar-refractivity contribution in [2.24, 2.45) is 7.05 Å². The van der Waals surface area contributed by atoms with E-state index in [9.17, 15) is 0 Å². The van der Waals surface area contributed by atoms with Crippen LogP contribution in [0.15, 0.2) is 97.1 Å². The maximum absolute atomic E-state index is 6.26. The molecule has 188 valence electrons. The van der Waals surface area contributed by atoms with Gasteiger partial charge in [0.15, 0.2) is 0 Å². The average molecular weight is 501 g/mol. The fourth-order valence-electron chi connectivity index (χ4n) is 4.61. The molecule has 6 nitrogen and oxygen atoms in total. The van der Waals surface area contributed by atoms with Crippen LogP contribution in [-0.2, 0) is 12.5 Å². The van der Waals surface area contributed by atoms with E-state index in [-0.39, 0.29) is 5.41 Å². The molecule has 6 rings (SSSR count). The fraction of sp³-hybridized carbons (Fsp3) is 0.161. The van der Waals surface area contributed by atoms with E-state index in [0.717, 1.165) is 39.5 Å². The molecule has 1 aliphatic rings. The number of ether oxygens (including phenoxy) is 1. The van der Waals surface area contributed by atoms with Crippen molar-refractivity contribution in [3.05, 3.63) is 103 Å². The minimum atomic E-state index is -0.505. The molecule has 4 aromatic carbocycles. The van der Waals surface area contributed by atoms with E-state index < -0.39 is 7.12 Å². The van der Waals surface area contributed by atoms with Gasteiger partial charge in [-0.2, -0.15) is 0 Å². The Morgan fingerprint density at radius 2 is 1.39 bits per heavy atom. The van der Waals surface area contributed by atoms with Gasteiger partial charge in [-0.05, 0) is 47.4 Å². The maximum Gasteiger partial charge on any atom is 0.632 e. The number of fused-ring (bicyclic) bond motifs is 1. The molecule has 0 saturated heterocycles. The Kier molecular flexibility index (Phi) is 5.91. The predicted octanol–water partition coefficient (Wildman–Crippen LogP) is 6.41. The van der Waals surface area contributed by atoms with Crippen molar-refractivity contribution in [1.29, 1.82) is 0 Å². The number of hydrogen-bond acceptors (Lipinski definition) is 5. The zero-order valence-electron chi connectivity index (χ0n) is 21.9. The lowest BCUT2D eigenvalue weighted by Crippen LogP contribution is -2.38. The quantitative estimate of drug-likeness (QED) is 0.261. The first-order chi connectivity index (χ1) is 18.3. The Bertz CT molecular complexity index is 1580. The van der Waals surface area contributed by atoms with Gasteiger partial charge in [0.1, 0.15) is 28.7 Å². The zero-order chi connectivity index (χ0) is 26.3. The van der Waals surface area contributed by atoms with Gasteiger partial charge in [0.05, 0.1) is 5.69 Å². The van der Waals surface area contributed by atoms with Gasteiger partial charge < -0.3 is 14.0 Å². The van der Waals surface area contributed by atoms with Crippen LogP contribution in [0.5, 0.6) is 23.0 Å². The minimum Gasteiger partial charge on any atom is -0.519 e. The molecule has 2 heterocycles. The van der Waals surface area contributed by atoms with Crippen molar-refractivity contribution in [1.82, 2.24) is 15.0 Å². The third-order valence-corrected chi connectivity index (χ3v) is 6.64. The number of aryl methyl sites for hydroxylation is 1. The third kappa shape index (κ3) is 4.63. The lowest BCUT2D eigenvalue weighted by Gasteiger charge is -2.19. The minimum absolute atomic E-state index is 0.0923. The molecule has 5 aromatic rings. The molecule has 0 unspecified atom stereocenters. The lowest BCUT2D eigenvalue weighted by molar-refractivity contribution is 0.482. The maximum atomic E-state index is 6.26. The molecule has 1 aromatic heterocycles. The van der Waals surface area contributed by atoms with Crippen LogP contribution < -0.4 is 19.5 Å². The Labute approximate surface area is 223 Å². The summed E-state index contributed by atoms with van der Waals surface area (Å²) in [6.07, 6.45) is 0. The van der Waals surface area contributed by atoms with Crippen molar-refractivity contribution in [3.63, 3.8) is 0 Å². The van der Waals surface area contributed by atoms with Gasteiger partial charge in [0, 0.05) is 23.6 Å². The van der Waals surface area contributed by atoms with Crippen molar-refractivity contribution < 1.29 is 14.0 Å². The molecule has 0 spiro atoms. The Hall–Kier alpha value is -4.52. The van der Waals surface area contributed by atoms with Crippen LogP contribution in [0, 0.1) is 0 Å². The highest BCUT2D eigenvalue weighted by molar-refractivity contribution is 6.63. The molecule has 1 aliphatic heterocycles. The molecule has 0 saturated carbocycles.